The highest BCUT2D eigenvalue weighted by Crippen LogP contribution is 2.25. The number of nitrogens with zero attached hydrogens (tertiary/aromatic N) is 2. The van der Waals surface area contributed by atoms with E-state index in [1.54, 1.807) is 67.1 Å². The van der Waals surface area contributed by atoms with Crippen LogP contribution in [0.25, 0.3) is 22.7 Å². The first-order chi connectivity index (χ1) is 14.6. The Morgan fingerprint density at radius 2 is 1.90 bits per heavy atom. The Balaban J connectivity index is 1.58. The van der Waals surface area contributed by atoms with Crippen LogP contribution < -0.4 is 5.32 Å². The van der Waals surface area contributed by atoms with Crippen molar-refractivity contribution in [3.05, 3.63) is 89.9 Å². The number of amides is 1. The summed E-state index contributed by atoms with van der Waals surface area (Å²) in [5.41, 5.74) is 2.87. The summed E-state index contributed by atoms with van der Waals surface area (Å²) in [7, 11) is 0. The molecule has 1 aromatic carbocycles. The average Bonchev–Trinajstić information content (AvgIpc) is 3.15. The van der Waals surface area contributed by atoms with Gasteiger partial charge in [0.2, 0.25) is 5.91 Å². The van der Waals surface area contributed by atoms with Crippen molar-refractivity contribution in [2.75, 3.05) is 5.32 Å². The molecule has 0 unspecified atom stereocenters. The highest BCUT2D eigenvalue weighted by Gasteiger charge is 2.13. The van der Waals surface area contributed by atoms with E-state index in [4.69, 9.17) is 0 Å². The molecule has 0 aliphatic heterocycles. The van der Waals surface area contributed by atoms with Crippen molar-refractivity contribution in [2.45, 2.75) is 6.42 Å². The molecule has 3 heterocycles. The van der Waals surface area contributed by atoms with E-state index < -0.39 is 5.97 Å². The predicted octanol–water partition coefficient (Wildman–Crippen LogP) is 3.76. The molecule has 4 rings (SSSR count). The lowest BCUT2D eigenvalue weighted by molar-refractivity contribution is -0.130. The Bertz CT molecular complexity index is 1230. The number of aromatic amines is 1. The van der Waals surface area contributed by atoms with Gasteiger partial charge in [-0.3, -0.25) is 9.78 Å². The van der Waals surface area contributed by atoms with Gasteiger partial charge in [-0.1, -0.05) is 36.4 Å². The van der Waals surface area contributed by atoms with Crippen molar-refractivity contribution >= 4 is 40.4 Å². The number of rotatable bonds is 6. The average molecular weight is 398 g/mol. The fourth-order valence-electron chi connectivity index (χ4n) is 3.13. The molecular weight excluding hydrogens is 380 g/mol. The van der Waals surface area contributed by atoms with Crippen molar-refractivity contribution < 1.29 is 14.7 Å². The number of H-pyrrole nitrogens is 1. The molecule has 1 amide bonds. The van der Waals surface area contributed by atoms with Crippen LogP contribution in [0.15, 0.2) is 73.2 Å². The van der Waals surface area contributed by atoms with Crippen molar-refractivity contribution in [3.8, 4) is 0 Å². The number of carboxylic acids is 1. The SMILES string of the molecule is O=C(Cc1cccnc1)Nc1ccc2c(C=C(C(=O)O)c3ccccc3)c[nH]c2n1. The van der Waals surface area contributed by atoms with E-state index >= 15 is 0 Å². The molecule has 0 saturated heterocycles. The summed E-state index contributed by atoms with van der Waals surface area (Å²) in [5, 5.41) is 13.1. The standard InChI is InChI=1S/C23H18N4O3/c28-21(11-15-5-4-10-24-13-15)26-20-9-8-18-17(14-25-22(18)27-20)12-19(23(29)30)16-6-2-1-3-7-16/h1-10,12-14H,11H2,(H,29,30)(H2,25,26,27,28). The van der Waals surface area contributed by atoms with Crippen LogP contribution in [0.4, 0.5) is 5.82 Å². The van der Waals surface area contributed by atoms with Crippen LogP contribution in [0.2, 0.25) is 0 Å². The van der Waals surface area contributed by atoms with Gasteiger partial charge in [-0.25, -0.2) is 9.78 Å². The molecular formula is C23H18N4O3. The zero-order chi connectivity index (χ0) is 20.9. The second-order valence-electron chi connectivity index (χ2n) is 6.65. The van der Waals surface area contributed by atoms with E-state index in [1.807, 2.05) is 12.1 Å². The number of benzene rings is 1. The lowest BCUT2D eigenvalue weighted by atomic mass is 10.0. The first-order valence-corrected chi connectivity index (χ1v) is 9.27. The summed E-state index contributed by atoms with van der Waals surface area (Å²) in [6, 6.07) is 16.0. The minimum absolute atomic E-state index is 0.186. The number of carbonyl (C=O) groups is 2. The first kappa shape index (κ1) is 19.1. The second-order valence-corrected chi connectivity index (χ2v) is 6.65. The molecule has 3 aromatic heterocycles. The van der Waals surface area contributed by atoms with Crippen LogP contribution in [-0.4, -0.2) is 31.9 Å². The minimum Gasteiger partial charge on any atom is -0.478 e. The highest BCUT2D eigenvalue weighted by atomic mass is 16.4. The number of hydrogen-bond donors (Lipinski definition) is 3. The molecule has 0 bridgehead atoms. The monoisotopic (exact) mass is 398 g/mol. The maximum atomic E-state index is 12.2. The van der Waals surface area contributed by atoms with Crippen LogP contribution in [0.1, 0.15) is 16.7 Å². The Morgan fingerprint density at radius 3 is 2.63 bits per heavy atom. The fraction of sp³-hybridized carbons (Fsp3) is 0.0435. The van der Waals surface area contributed by atoms with Gasteiger partial charge in [0.15, 0.2) is 0 Å². The topological polar surface area (TPSA) is 108 Å². The third-order valence-corrected chi connectivity index (χ3v) is 4.54. The molecule has 30 heavy (non-hydrogen) atoms. The Kier molecular flexibility index (Phi) is 5.34. The summed E-state index contributed by atoms with van der Waals surface area (Å²) in [6.07, 6.45) is 6.81. The van der Waals surface area contributed by atoms with E-state index in [0.29, 0.717) is 22.6 Å². The van der Waals surface area contributed by atoms with Gasteiger partial charge in [-0.15, -0.1) is 0 Å². The Morgan fingerprint density at radius 1 is 1.07 bits per heavy atom. The molecule has 4 aromatic rings. The van der Waals surface area contributed by atoms with Crippen LogP contribution in [0.5, 0.6) is 0 Å². The third kappa shape index (κ3) is 4.25. The molecule has 0 saturated carbocycles. The number of hydrogen-bond acceptors (Lipinski definition) is 4. The van der Waals surface area contributed by atoms with Crippen LogP contribution in [0.3, 0.4) is 0 Å². The number of carbonyl (C=O) groups excluding carboxylic acids is 1. The molecule has 0 aliphatic carbocycles. The largest absolute Gasteiger partial charge is 0.478 e. The molecule has 0 atom stereocenters. The van der Waals surface area contributed by atoms with Gasteiger partial charge in [0.25, 0.3) is 0 Å². The third-order valence-electron chi connectivity index (χ3n) is 4.54. The number of nitrogens with one attached hydrogen (secondary N) is 2. The highest BCUT2D eigenvalue weighted by molar-refractivity contribution is 6.21. The fourth-order valence-corrected chi connectivity index (χ4v) is 3.13. The molecule has 7 heteroatoms. The molecule has 0 aliphatic rings. The Labute approximate surface area is 172 Å². The van der Waals surface area contributed by atoms with Crippen LogP contribution >= 0.6 is 0 Å². The lowest BCUT2D eigenvalue weighted by Crippen LogP contribution is -2.15. The van der Waals surface area contributed by atoms with Gasteiger partial charge in [0, 0.05) is 29.5 Å². The number of fused-ring (bicyclic) bond motifs is 1. The number of aliphatic carboxylic acids is 1. The van der Waals surface area contributed by atoms with E-state index in [0.717, 1.165) is 10.9 Å². The van der Waals surface area contributed by atoms with Gasteiger partial charge in [0.1, 0.15) is 11.5 Å². The van der Waals surface area contributed by atoms with E-state index in [-0.39, 0.29) is 17.9 Å². The van der Waals surface area contributed by atoms with Gasteiger partial charge >= 0.3 is 5.97 Å². The van der Waals surface area contributed by atoms with E-state index in [1.165, 1.54) is 0 Å². The van der Waals surface area contributed by atoms with Crippen molar-refractivity contribution in [2.24, 2.45) is 0 Å². The molecule has 0 spiro atoms. The molecule has 0 radical (unpaired) electrons. The summed E-state index contributed by atoms with van der Waals surface area (Å²) >= 11 is 0. The number of aromatic nitrogens is 3. The predicted molar refractivity (Wildman–Crippen MR) is 115 cm³/mol. The smallest absolute Gasteiger partial charge is 0.336 e. The normalized spacial score (nSPS) is 11.4. The first-order valence-electron chi connectivity index (χ1n) is 9.27. The quantitative estimate of drug-likeness (QED) is 0.429. The van der Waals surface area contributed by atoms with Gasteiger partial charge in [0.05, 0.1) is 12.0 Å². The van der Waals surface area contributed by atoms with Crippen LogP contribution in [0, 0.1) is 0 Å². The molecule has 3 N–H and O–H groups in total. The van der Waals surface area contributed by atoms with E-state index in [9.17, 15) is 14.7 Å². The zero-order valence-corrected chi connectivity index (χ0v) is 15.9. The van der Waals surface area contributed by atoms with Crippen molar-refractivity contribution in [1.82, 2.24) is 15.0 Å². The lowest BCUT2D eigenvalue weighted by Gasteiger charge is -2.05. The number of anilines is 1. The van der Waals surface area contributed by atoms with Crippen molar-refractivity contribution in [3.63, 3.8) is 0 Å². The number of carboxylic acid groups (broad SMARTS) is 1. The summed E-state index contributed by atoms with van der Waals surface area (Å²) in [4.78, 5) is 35.4. The zero-order valence-electron chi connectivity index (χ0n) is 15.9. The van der Waals surface area contributed by atoms with Crippen molar-refractivity contribution in [1.29, 1.82) is 0 Å². The molecule has 0 fully saturated rings. The van der Waals surface area contributed by atoms with Gasteiger partial charge < -0.3 is 15.4 Å². The van der Waals surface area contributed by atoms with Gasteiger partial charge in [-0.05, 0) is 35.4 Å². The van der Waals surface area contributed by atoms with Gasteiger partial charge in [-0.2, -0.15) is 0 Å². The molecule has 148 valence electrons. The summed E-state index contributed by atoms with van der Waals surface area (Å²) < 4.78 is 0. The minimum atomic E-state index is -1.01. The second kappa shape index (κ2) is 8.40. The maximum absolute atomic E-state index is 12.2. The van der Waals surface area contributed by atoms with E-state index in [2.05, 4.69) is 20.3 Å². The summed E-state index contributed by atoms with van der Waals surface area (Å²) in [6.45, 7) is 0. The molecule has 7 nitrogen and oxygen atoms in total. The van der Waals surface area contributed by atoms with Crippen LogP contribution in [-0.2, 0) is 16.0 Å². The maximum Gasteiger partial charge on any atom is 0.336 e. The summed E-state index contributed by atoms with van der Waals surface area (Å²) in [5.74, 6) is -0.795. The Hall–Kier alpha value is -4.26. The number of pyridine rings is 2.